The van der Waals surface area contributed by atoms with Crippen LogP contribution in [0, 0.1) is 5.92 Å². The zero-order valence-electron chi connectivity index (χ0n) is 10.00. The first-order valence-corrected chi connectivity index (χ1v) is 6.11. The summed E-state index contributed by atoms with van der Waals surface area (Å²) in [6.07, 6.45) is 8.36. The summed E-state index contributed by atoms with van der Waals surface area (Å²) in [5, 5.41) is 8.37. The van der Waals surface area contributed by atoms with Gasteiger partial charge < -0.3 is 4.89 Å². The Hall–Kier alpha value is -0.570. The molecule has 0 atom stereocenters. The van der Waals surface area contributed by atoms with E-state index in [4.69, 9.17) is 5.26 Å². The Morgan fingerprint density at radius 1 is 1.07 bits per heavy atom. The summed E-state index contributed by atoms with van der Waals surface area (Å²) in [5.74, 6) is -0.560. The van der Waals surface area contributed by atoms with Crippen LogP contribution in [0.1, 0.15) is 65.2 Å². The molecule has 3 heteroatoms. The van der Waals surface area contributed by atoms with Gasteiger partial charge in [-0.05, 0) is 12.8 Å². The first kappa shape index (κ1) is 14.4. The average molecular weight is 216 g/mol. The van der Waals surface area contributed by atoms with Crippen molar-refractivity contribution in [1.82, 2.24) is 0 Å². The Balaban J connectivity index is 3.79. The molecule has 0 saturated carbocycles. The molecule has 0 unspecified atom stereocenters. The van der Waals surface area contributed by atoms with Crippen molar-refractivity contribution in [2.45, 2.75) is 65.2 Å². The molecule has 0 aliphatic carbocycles. The molecule has 0 aromatic heterocycles. The third-order valence-electron chi connectivity index (χ3n) is 2.74. The number of carbonyl (C=O) groups is 1. The second-order valence-electron chi connectivity index (χ2n) is 4.10. The number of carbonyl (C=O) groups excluding carboxylic acids is 1. The molecule has 1 N–H and O–H groups in total. The van der Waals surface area contributed by atoms with Crippen LogP contribution in [-0.4, -0.2) is 11.2 Å². The summed E-state index contributed by atoms with van der Waals surface area (Å²) in [6, 6.07) is 0. The number of rotatable bonds is 9. The highest BCUT2D eigenvalue weighted by molar-refractivity contribution is 5.71. The topological polar surface area (TPSA) is 46.5 Å². The molecule has 0 spiro atoms. The van der Waals surface area contributed by atoms with Crippen LogP contribution in [0.5, 0.6) is 0 Å². The van der Waals surface area contributed by atoms with E-state index in [1.807, 2.05) is 0 Å². The summed E-state index contributed by atoms with van der Waals surface area (Å²) in [7, 11) is 0. The molecule has 0 bridgehead atoms. The molecule has 0 aromatic carbocycles. The molecular formula is C12H24O3. The molecule has 0 saturated heterocycles. The molecule has 0 aliphatic rings. The van der Waals surface area contributed by atoms with Crippen LogP contribution in [0.4, 0.5) is 0 Å². The van der Waals surface area contributed by atoms with Gasteiger partial charge in [0.05, 0.1) is 5.92 Å². The van der Waals surface area contributed by atoms with Crippen molar-refractivity contribution in [3.05, 3.63) is 0 Å². The van der Waals surface area contributed by atoms with E-state index in [1.54, 1.807) is 0 Å². The molecule has 3 nitrogen and oxygen atoms in total. The van der Waals surface area contributed by atoms with Gasteiger partial charge in [0, 0.05) is 0 Å². The first-order valence-electron chi connectivity index (χ1n) is 6.11. The van der Waals surface area contributed by atoms with Gasteiger partial charge in [-0.15, -0.1) is 0 Å². The van der Waals surface area contributed by atoms with Gasteiger partial charge in [0.15, 0.2) is 0 Å². The van der Waals surface area contributed by atoms with Crippen molar-refractivity contribution < 1.29 is 14.9 Å². The van der Waals surface area contributed by atoms with Gasteiger partial charge in [-0.25, -0.2) is 4.79 Å². The van der Waals surface area contributed by atoms with Gasteiger partial charge in [0.1, 0.15) is 0 Å². The monoisotopic (exact) mass is 216 g/mol. The van der Waals surface area contributed by atoms with E-state index < -0.39 is 5.97 Å². The Labute approximate surface area is 92.8 Å². The van der Waals surface area contributed by atoms with Gasteiger partial charge in [-0.3, -0.25) is 0 Å². The highest BCUT2D eigenvalue weighted by Crippen LogP contribution is 2.18. The number of hydrogen-bond donors (Lipinski definition) is 1. The minimum atomic E-state index is -0.456. The third-order valence-corrected chi connectivity index (χ3v) is 2.74. The molecule has 0 aromatic rings. The second-order valence-corrected chi connectivity index (χ2v) is 4.10. The van der Waals surface area contributed by atoms with Crippen molar-refractivity contribution in [3.63, 3.8) is 0 Å². The van der Waals surface area contributed by atoms with E-state index >= 15 is 0 Å². The molecular weight excluding hydrogens is 192 g/mol. The lowest BCUT2D eigenvalue weighted by molar-refractivity contribution is -0.239. The predicted octanol–water partition coefficient (Wildman–Crippen LogP) is 3.78. The zero-order valence-corrected chi connectivity index (χ0v) is 10.00. The van der Waals surface area contributed by atoms with Crippen LogP contribution < -0.4 is 0 Å². The van der Waals surface area contributed by atoms with Crippen LogP contribution >= 0.6 is 0 Å². The van der Waals surface area contributed by atoms with E-state index in [0.717, 1.165) is 51.4 Å². The number of unbranched alkanes of at least 4 members (excludes halogenated alkanes) is 4. The molecule has 0 rings (SSSR count). The summed E-state index contributed by atoms with van der Waals surface area (Å²) >= 11 is 0. The Morgan fingerprint density at radius 2 is 1.53 bits per heavy atom. The lowest BCUT2D eigenvalue weighted by atomic mass is 9.95. The van der Waals surface area contributed by atoms with E-state index in [0.29, 0.717) is 0 Å². The van der Waals surface area contributed by atoms with E-state index in [2.05, 4.69) is 18.7 Å². The summed E-state index contributed by atoms with van der Waals surface area (Å²) < 4.78 is 0. The molecule has 0 fully saturated rings. The van der Waals surface area contributed by atoms with Crippen LogP contribution in [-0.2, 0) is 9.68 Å². The first-order chi connectivity index (χ1) is 7.26. The van der Waals surface area contributed by atoms with Gasteiger partial charge in [0.2, 0.25) is 0 Å². The van der Waals surface area contributed by atoms with Gasteiger partial charge in [-0.1, -0.05) is 52.4 Å². The Kier molecular flexibility index (Phi) is 9.59. The Morgan fingerprint density at radius 3 is 1.87 bits per heavy atom. The Bertz CT molecular complexity index is 147. The van der Waals surface area contributed by atoms with Gasteiger partial charge in [0.25, 0.3) is 0 Å². The quantitative estimate of drug-likeness (QED) is 0.362. The zero-order chi connectivity index (χ0) is 11.5. The smallest absolute Gasteiger partial charge is 0.301 e. The lowest BCUT2D eigenvalue weighted by Gasteiger charge is -2.12. The SMILES string of the molecule is CCCCCC(CCCCC)C(=O)OO. The van der Waals surface area contributed by atoms with Crippen LogP contribution in [0.25, 0.3) is 0 Å². The van der Waals surface area contributed by atoms with Crippen molar-refractivity contribution in [2.75, 3.05) is 0 Å². The average Bonchev–Trinajstić information content (AvgIpc) is 2.26. The lowest BCUT2D eigenvalue weighted by Crippen LogP contribution is -2.16. The normalized spacial score (nSPS) is 10.7. The third kappa shape index (κ3) is 7.37. The van der Waals surface area contributed by atoms with Gasteiger partial charge >= 0.3 is 5.97 Å². The molecule has 90 valence electrons. The maximum atomic E-state index is 11.2. The molecule has 0 radical (unpaired) electrons. The van der Waals surface area contributed by atoms with Crippen molar-refractivity contribution in [1.29, 1.82) is 0 Å². The van der Waals surface area contributed by atoms with E-state index in [-0.39, 0.29) is 5.92 Å². The highest BCUT2D eigenvalue weighted by atomic mass is 17.1. The second kappa shape index (κ2) is 9.97. The fourth-order valence-electron chi connectivity index (χ4n) is 1.74. The fraction of sp³-hybridized carbons (Fsp3) is 0.917. The summed E-state index contributed by atoms with van der Waals surface area (Å²) in [6.45, 7) is 4.27. The largest absolute Gasteiger partial charge is 0.345 e. The molecule has 15 heavy (non-hydrogen) atoms. The highest BCUT2D eigenvalue weighted by Gasteiger charge is 2.19. The number of hydrogen-bond acceptors (Lipinski definition) is 3. The molecule has 0 aliphatic heterocycles. The summed E-state index contributed by atoms with van der Waals surface area (Å²) in [4.78, 5) is 15.1. The van der Waals surface area contributed by atoms with Gasteiger partial charge in [-0.2, -0.15) is 5.26 Å². The standard InChI is InChI=1S/C12H24O3/c1-3-5-7-9-11(12(13)15-14)10-8-6-4-2/h11,14H,3-10H2,1-2H3. The van der Waals surface area contributed by atoms with Crippen molar-refractivity contribution in [3.8, 4) is 0 Å². The van der Waals surface area contributed by atoms with E-state index in [9.17, 15) is 4.79 Å². The molecule has 0 amide bonds. The minimum absolute atomic E-state index is 0.104. The molecule has 0 heterocycles. The van der Waals surface area contributed by atoms with Crippen LogP contribution in [0.3, 0.4) is 0 Å². The van der Waals surface area contributed by atoms with Crippen molar-refractivity contribution >= 4 is 5.97 Å². The maximum Gasteiger partial charge on any atom is 0.345 e. The van der Waals surface area contributed by atoms with Crippen molar-refractivity contribution in [2.24, 2.45) is 5.92 Å². The minimum Gasteiger partial charge on any atom is -0.301 e. The maximum absolute atomic E-state index is 11.2. The van der Waals surface area contributed by atoms with Crippen LogP contribution in [0.15, 0.2) is 0 Å². The predicted molar refractivity (Wildman–Crippen MR) is 60.5 cm³/mol. The summed E-state index contributed by atoms with van der Waals surface area (Å²) in [5.41, 5.74) is 0. The fourth-order valence-corrected chi connectivity index (χ4v) is 1.74. The van der Waals surface area contributed by atoms with Crippen LogP contribution in [0.2, 0.25) is 0 Å². The van der Waals surface area contributed by atoms with E-state index in [1.165, 1.54) is 0 Å².